The van der Waals surface area contributed by atoms with E-state index in [4.69, 9.17) is 0 Å². The summed E-state index contributed by atoms with van der Waals surface area (Å²) < 4.78 is 91.6. The van der Waals surface area contributed by atoms with Crippen molar-refractivity contribution >= 4 is 43.5 Å². The molecule has 2 aromatic carbocycles. The zero-order valence-electron chi connectivity index (χ0n) is 21.6. The van der Waals surface area contributed by atoms with Gasteiger partial charge in [0.05, 0.1) is 10.6 Å². The molecule has 4 rings (SSSR count). The molecule has 1 fully saturated rings. The summed E-state index contributed by atoms with van der Waals surface area (Å²) in [4.78, 5) is 31.4. The van der Waals surface area contributed by atoms with Crippen molar-refractivity contribution in [2.75, 3.05) is 9.62 Å². The number of aromatic nitrogens is 1. The van der Waals surface area contributed by atoms with E-state index in [0.717, 1.165) is 22.6 Å². The summed E-state index contributed by atoms with van der Waals surface area (Å²) in [5.74, 6) is -0.744. The number of imide groups is 1. The lowest BCUT2D eigenvalue weighted by molar-refractivity contribution is -0.123. The van der Waals surface area contributed by atoms with Crippen LogP contribution >= 0.6 is 0 Å². The molecular weight excluding hydrogens is 587 g/mol. The first-order chi connectivity index (χ1) is 19.0. The number of anilines is 2. The molecule has 1 aliphatic heterocycles. The van der Waals surface area contributed by atoms with Gasteiger partial charge in [-0.1, -0.05) is 30.3 Å². The van der Waals surface area contributed by atoms with E-state index in [2.05, 4.69) is 14.4 Å². The molecule has 16 heteroatoms. The van der Waals surface area contributed by atoms with Gasteiger partial charge in [-0.25, -0.2) is 23.1 Å². The molecule has 0 radical (unpaired) electrons. The van der Waals surface area contributed by atoms with Crippen molar-refractivity contribution in [3.8, 4) is 0 Å². The highest BCUT2D eigenvalue weighted by molar-refractivity contribution is 7.92. The van der Waals surface area contributed by atoms with E-state index >= 15 is 0 Å². The number of pyridine rings is 1. The number of hydrogen-bond donors (Lipinski definition) is 2. The number of sulfone groups is 1. The fourth-order valence-electron chi connectivity index (χ4n) is 4.00. The quantitative estimate of drug-likeness (QED) is 0.352. The molecule has 0 aliphatic carbocycles. The third-order valence-electron chi connectivity index (χ3n) is 6.25. The number of benzene rings is 2. The van der Waals surface area contributed by atoms with E-state index in [1.165, 1.54) is 37.1 Å². The fourth-order valence-corrected chi connectivity index (χ4v) is 5.57. The van der Waals surface area contributed by atoms with Gasteiger partial charge >= 0.3 is 21.7 Å². The number of carbonyl (C=O) groups is 2. The van der Waals surface area contributed by atoms with E-state index in [1.807, 2.05) is 0 Å². The number of rotatable bonds is 9. The van der Waals surface area contributed by atoms with Crippen molar-refractivity contribution in [3.63, 3.8) is 0 Å². The second kappa shape index (κ2) is 10.8. The summed E-state index contributed by atoms with van der Waals surface area (Å²) in [6.45, 7) is 2.82. The molecule has 0 spiro atoms. The predicted molar refractivity (Wildman–Crippen MR) is 142 cm³/mol. The summed E-state index contributed by atoms with van der Waals surface area (Å²) in [6, 6.07) is 14.1. The monoisotopic (exact) mass is 611 g/mol. The topological polar surface area (TPSA) is 146 Å². The van der Waals surface area contributed by atoms with Crippen LogP contribution in [-0.2, 0) is 37.9 Å². The van der Waals surface area contributed by atoms with Crippen LogP contribution in [0.4, 0.5) is 29.5 Å². The number of nitrogens with one attached hydrogen (secondary N) is 2. The van der Waals surface area contributed by atoms with Crippen LogP contribution in [0.15, 0.2) is 77.8 Å². The predicted octanol–water partition coefficient (Wildman–Crippen LogP) is 3.57. The number of halogens is 3. The standard InChI is InChI=1S/C25H24F3N5O6S2/c1-24(2)22(34)33(19-8-10-20(11-9-19)40(36,37)25(26,27)28)23(35)32(24)16-18-12-13-29-21(14-18)31-41(38,39)30-15-17-6-4-3-5-7-17/h3-14,30H,15-16H2,1-2H3,(H,29,31). The van der Waals surface area contributed by atoms with Crippen LogP contribution in [0.1, 0.15) is 25.0 Å². The highest BCUT2D eigenvalue weighted by Gasteiger charge is 2.52. The molecule has 218 valence electrons. The summed E-state index contributed by atoms with van der Waals surface area (Å²) >= 11 is 0. The third kappa shape index (κ3) is 6.18. The molecule has 1 aliphatic rings. The van der Waals surface area contributed by atoms with Gasteiger partial charge < -0.3 is 4.90 Å². The van der Waals surface area contributed by atoms with E-state index < -0.39 is 47.9 Å². The normalized spacial score (nSPS) is 15.8. The largest absolute Gasteiger partial charge is 0.501 e. The molecule has 2 heterocycles. The number of urea groups is 1. The van der Waals surface area contributed by atoms with Gasteiger partial charge in [0.1, 0.15) is 11.4 Å². The molecule has 2 N–H and O–H groups in total. The molecule has 41 heavy (non-hydrogen) atoms. The van der Waals surface area contributed by atoms with Gasteiger partial charge in [-0.15, -0.1) is 0 Å². The number of amides is 3. The Bertz CT molecular complexity index is 1680. The molecule has 0 bridgehead atoms. The van der Waals surface area contributed by atoms with Crippen molar-refractivity contribution < 1.29 is 39.6 Å². The second-order valence-electron chi connectivity index (χ2n) is 9.47. The lowest BCUT2D eigenvalue weighted by Crippen LogP contribution is -2.43. The van der Waals surface area contributed by atoms with Gasteiger partial charge in [-0.2, -0.15) is 26.3 Å². The average molecular weight is 612 g/mol. The van der Waals surface area contributed by atoms with Crippen molar-refractivity contribution in [1.29, 1.82) is 0 Å². The number of carbonyl (C=O) groups excluding carboxylic acids is 2. The van der Waals surface area contributed by atoms with Crippen molar-refractivity contribution in [3.05, 3.63) is 84.1 Å². The SMILES string of the molecule is CC1(C)C(=O)N(c2ccc(S(=O)(=O)C(F)(F)F)cc2)C(=O)N1Cc1ccnc(NS(=O)(=O)NCc2ccccc2)c1. The third-order valence-corrected chi connectivity index (χ3v) is 8.75. The highest BCUT2D eigenvalue weighted by atomic mass is 32.2. The van der Waals surface area contributed by atoms with Crippen LogP contribution in [-0.4, -0.2) is 49.7 Å². The van der Waals surface area contributed by atoms with Gasteiger partial charge in [0.15, 0.2) is 0 Å². The second-order valence-corrected chi connectivity index (χ2v) is 12.9. The van der Waals surface area contributed by atoms with Crippen molar-refractivity contribution in [2.24, 2.45) is 0 Å². The van der Waals surface area contributed by atoms with Crippen LogP contribution < -0.4 is 14.3 Å². The summed E-state index contributed by atoms with van der Waals surface area (Å²) in [7, 11) is -9.62. The number of hydrogen-bond acceptors (Lipinski definition) is 7. The van der Waals surface area contributed by atoms with E-state index in [1.54, 1.807) is 30.3 Å². The number of nitrogens with zero attached hydrogens (tertiary/aromatic N) is 3. The van der Waals surface area contributed by atoms with Gasteiger partial charge in [0.25, 0.3) is 15.7 Å². The van der Waals surface area contributed by atoms with Crippen LogP contribution in [0, 0.1) is 0 Å². The zero-order valence-corrected chi connectivity index (χ0v) is 23.2. The van der Waals surface area contributed by atoms with Crippen LogP contribution in [0.25, 0.3) is 0 Å². The van der Waals surface area contributed by atoms with Gasteiger partial charge in [-0.05, 0) is 61.4 Å². The highest BCUT2D eigenvalue weighted by Crippen LogP contribution is 2.35. The molecule has 0 unspecified atom stereocenters. The molecule has 0 atom stereocenters. The molecule has 3 amide bonds. The van der Waals surface area contributed by atoms with Gasteiger partial charge in [0, 0.05) is 19.3 Å². The minimum atomic E-state index is -5.61. The Morgan fingerprint density at radius 2 is 1.54 bits per heavy atom. The Hall–Kier alpha value is -4.02. The fraction of sp³-hybridized carbons (Fsp3) is 0.240. The molecule has 1 aromatic heterocycles. The van der Waals surface area contributed by atoms with Gasteiger partial charge in [-0.3, -0.25) is 9.52 Å². The van der Waals surface area contributed by atoms with Crippen LogP contribution in [0.5, 0.6) is 0 Å². The Balaban J connectivity index is 1.51. The smallest absolute Gasteiger partial charge is 0.305 e. The van der Waals surface area contributed by atoms with E-state index in [-0.39, 0.29) is 24.6 Å². The summed E-state index contributed by atoms with van der Waals surface area (Å²) in [5, 5.41) is 0. The maximum absolute atomic E-state index is 13.3. The Morgan fingerprint density at radius 1 is 0.902 bits per heavy atom. The lowest BCUT2D eigenvalue weighted by atomic mass is 10.0. The van der Waals surface area contributed by atoms with Crippen molar-refractivity contribution in [1.82, 2.24) is 14.6 Å². The summed E-state index contributed by atoms with van der Waals surface area (Å²) in [5.41, 5.74) is -5.89. The number of alkyl halides is 3. The Labute approximate surface area is 234 Å². The summed E-state index contributed by atoms with van der Waals surface area (Å²) in [6.07, 6.45) is 1.32. The first kappa shape index (κ1) is 30.0. The molecule has 3 aromatic rings. The lowest BCUT2D eigenvalue weighted by Gasteiger charge is -2.27. The Kier molecular flexibility index (Phi) is 7.86. The van der Waals surface area contributed by atoms with Gasteiger partial charge in [0.2, 0.25) is 0 Å². The first-order valence-corrected chi connectivity index (χ1v) is 14.8. The van der Waals surface area contributed by atoms with Crippen LogP contribution in [0.3, 0.4) is 0 Å². The Morgan fingerprint density at radius 3 is 2.15 bits per heavy atom. The first-order valence-electron chi connectivity index (χ1n) is 11.9. The van der Waals surface area contributed by atoms with E-state index in [9.17, 15) is 39.6 Å². The molecule has 0 saturated carbocycles. The zero-order chi connectivity index (χ0) is 30.2. The van der Waals surface area contributed by atoms with Crippen LogP contribution in [0.2, 0.25) is 0 Å². The van der Waals surface area contributed by atoms with Crippen molar-refractivity contribution in [2.45, 2.75) is 42.9 Å². The molecule has 1 saturated heterocycles. The average Bonchev–Trinajstić information content (AvgIpc) is 3.06. The van der Waals surface area contributed by atoms with E-state index in [0.29, 0.717) is 17.7 Å². The maximum Gasteiger partial charge on any atom is 0.501 e. The molecular formula is C25H24F3N5O6S2. The maximum atomic E-state index is 13.3. The minimum Gasteiger partial charge on any atom is -0.305 e. The molecule has 11 nitrogen and oxygen atoms in total. The minimum absolute atomic E-state index is 0.0351.